The number of Topliss-reactive ketones (excluding diaryl/α,β-unsaturated/α-hetero) is 1. The van der Waals surface area contributed by atoms with Crippen molar-refractivity contribution in [3.05, 3.63) is 29.8 Å². The fraction of sp³-hybridized carbons (Fsp3) is 0.694. The summed E-state index contributed by atoms with van der Waals surface area (Å²) in [6.07, 6.45) is 10.3. The number of aliphatic carboxylic acids is 3. The fourth-order valence-electron chi connectivity index (χ4n) is 5.44. The Balaban J connectivity index is 2.75. The molecule has 1 aromatic rings. The molecule has 5 N–H and O–H groups in total. The smallest absolute Gasteiger partial charge is 0.337 e. The second-order valence-electron chi connectivity index (χ2n) is 13.0. The molecule has 0 radical (unpaired) electrons. The van der Waals surface area contributed by atoms with Gasteiger partial charge >= 0.3 is 17.9 Å². The number of carboxylic acids is 3. The van der Waals surface area contributed by atoms with E-state index >= 15 is 0 Å². The van der Waals surface area contributed by atoms with Crippen molar-refractivity contribution in [1.82, 2.24) is 5.32 Å². The highest BCUT2D eigenvalue weighted by molar-refractivity contribution is 5.93. The van der Waals surface area contributed by atoms with Crippen LogP contribution in [0.2, 0.25) is 0 Å². The standard InChI is InChI=1S/C36H57NO10/c1-4-5-6-9-12-15-28(38)16-13-10-7-8-11-14-17-30(36(46,35(44)45)25-32(39)40)33(41)37-31(34(42)43)24-27-18-20-29(21-19-27)47-23-22-26(2)3/h18-21,26,30-31,46H,4-17,22-25H2,1-3H3,(H,37,41)(H,39,40)(H,42,43)(H,44,45)/t30-,31+,36+/m1/s1. The monoisotopic (exact) mass is 663 g/mol. The van der Waals surface area contributed by atoms with Crippen LogP contribution in [0.3, 0.4) is 0 Å². The van der Waals surface area contributed by atoms with Crippen LogP contribution in [0, 0.1) is 11.8 Å². The molecule has 3 atom stereocenters. The van der Waals surface area contributed by atoms with Crippen LogP contribution in [0.1, 0.15) is 129 Å². The van der Waals surface area contributed by atoms with Crippen LogP contribution in [0.4, 0.5) is 0 Å². The summed E-state index contributed by atoms with van der Waals surface area (Å²) >= 11 is 0. The maximum absolute atomic E-state index is 13.4. The van der Waals surface area contributed by atoms with E-state index in [-0.39, 0.29) is 18.6 Å². The van der Waals surface area contributed by atoms with Crippen LogP contribution >= 0.6 is 0 Å². The second kappa shape index (κ2) is 23.0. The third-order valence-electron chi connectivity index (χ3n) is 8.38. The van der Waals surface area contributed by atoms with E-state index in [0.717, 1.165) is 51.4 Å². The first-order valence-corrected chi connectivity index (χ1v) is 17.2. The molecule has 0 saturated heterocycles. The van der Waals surface area contributed by atoms with Crippen molar-refractivity contribution in [3.8, 4) is 5.75 Å². The number of rotatable bonds is 28. The summed E-state index contributed by atoms with van der Waals surface area (Å²) in [7, 11) is 0. The molecule has 1 amide bonds. The van der Waals surface area contributed by atoms with E-state index in [4.69, 9.17) is 4.74 Å². The first-order valence-electron chi connectivity index (χ1n) is 17.2. The van der Waals surface area contributed by atoms with Gasteiger partial charge in [0.2, 0.25) is 5.91 Å². The van der Waals surface area contributed by atoms with Crippen LogP contribution in [0.25, 0.3) is 0 Å². The quantitative estimate of drug-likeness (QED) is 0.0648. The Morgan fingerprint density at radius 2 is 1.34 bits per heavy atom. The topological polar surface area (TPSA) is 188 Å². The Bertz CT molecular complexity index is 1100. The van der Waals surface area contributed by atoms with Gasteiger partial charge in [0.1, 0.15) is 17.6 Å². The second-order valence-corrected chi connectivity index (χ2v) is 13.0. The Hall–Kier alpha value is -3.47. The summed E-state index contributed by atoms with van der Waals surface area (Å²) in [5.41, 5.74) is -2.34. The molecule has 0 bridgehead atoms. The van der Waals surface area contributed by atoms with Gasteiger partial charge in [0.25, 0.3) is 0 Å². The molecule has 0 spiro atoms. The zero-order valence-corrected chi connectivity index (χ0v) is 28.5. The molecule has 0 saturated carbocycles. The van der Waals surface area contributed by atoms with Gasteiger partial charge in [0.15, 0.2) is 5.60 Å². The van der Waals surface area contributed by atoms with Crippen molar-refractivity contribution in [2.45, 2.75) is 142 Å². The Kier molecular flexibility index (Phi) is 20.3. The zero-order chi connectivity index (χ0) is 35.2. The fourth-order valence-corrected chi connectivity index (χ4v) is 5.44. The summed E-state index contributed by atoms with van der Waals surface area (Å²) in [4.78, 5) is 61.1. The van der Waals surface area contributed by atoms with Crippen LogP contribution in [0.15, 0.2) is 24.3 Å². The number of ketones is 1. The summed E-state index contributed by atoms with van der Waals surface area (Å²) < 4.78 is 5.69. The van der Waals surface area contributed by atoms with E-state index in [1.54, 1.807) is 24.3 Å². The number of unbranched alkanes of at least 4 members (excludes halogenated alkanes) is 9. The molecular weight excluding hydrogens is 606 g/mol. The minimum Gasteiger partial charge on any atom is -0.494 e. The lowest BCUT2D eigenvalue weighted by Gasteiger charge is -2.31. The van der Waals surface area contributed by atoms with Gasteiger partial charge in [-0.3, -0.25) is 14.4 Å². The molecule has 0 aliphatic carbocycles. The average Bonchev–Trinajstić information content (AvgIpc) is 2.99. The Morgan fingerprint density at radius 3 is 1.85 bits per heavy atom. The number of carboxylic acid groups (broad SMARTS) is 3. The number of ether oxygens (including phenoxy) is 1. The number of hydrogen-bond donors (Lipinski definition) is 5. The normalized spacial score (nSPS) is 13.8. The molecule has 11 heteroatoms. The molecule has 0 heterocycles. The van der Waals surface area contributed by atoms with Gasteiger partial charge in [-0.05, 0) is 49.3 Å². The van der Waals surface area contributed by atoms with Crippen LogP contribution in [-0.4, -0.2) is 68.3 Å². The first-order chi connectivity index (χ1) is 22.3. The molecule has 266 valence electrons. The van der Waals surface area contributed by atoms with Gasteiger partial charge in [0, 0.05) is 19.3 Å². The summed E-state index contributed by atoms with van der Waals surface area (Å²) in [6.45, 7) is 6.86. The maximum Gasteiger partial charge on any atom is 0.337 e. The molecule has 0 aromatic heterocycles. The average molecular weight is 664 g/mol. The number of carbonyl (C=O) groups excluding carboxylic acids is 2. The van der Waals surface area contributed by atoms with Crippen LogP contribution in [0.5, 0.6) is 5.75 Å². The molecule has 11 nitrogen and oxygen atoms in total. The minimum atomic E-state index is -2.93. The highest BCUT2D eigenvalue weighted by Gasteiger charge is 2.49. The van der Waals surface area contributed by atoms with E-state index in [9.17, 15) is 44.4 Å². The number of carbonyl (C=O) groups is 5. The SMILES string of the molecule is CCCCCCCC(=O)CCCCCCCC[C@H](C(=O)N[C@@H](Cc1ccc(OCCC(C)C)cc1)C(=O)O)[C@@](O)(CC(=O)O)C(=O)O. The highest BCUT2D eigenvalue weighted by atomic mass is 16.5. The van der Waals surface area contributed by atoms with Gasteiger partial charge in [-0.1, -0.05) is 90.7 Å². The van der Waals surface area contributed by atoms with E-state index in [0.29, 0.717) is 49.5 Å². The zero-order valence-electron chi connectivity index (χ0n) is 28.5. The van der Waals surface area contributed by atoms with E-state index in [1.165, 1.54) is 12.8 Å². The molecule has 0 aliphatic heterocycles. The Labute approximate surface area is 279 Å². The molecule has 47 heavy (non-hydrogen) atoms. The van der Waals surface area contributed by atoms with Crippen LogP contribution in [-0.2, 0) is 30.4 Å². The van der Waals surface area contributed by atoms with Crippen molar-refractivity contribution >= 4 is 29.6 Å². The van der Waals surface area contributed by atoms with Gasteiger partial charge < -0.3 is 30.5 Å². The molecule has 0 unspecified atom stereocenters. The summed E-state index contributed by atoms with van der Waals surface area (Å²) in [5.74, 6) is -6.17. The number of hydrogen-bond acceptors (Lipinski definition) is 7. The molecule has 0 fully saturated rings. The number of benzene rings is 1. The third kappa shape index (κ3) is 17.3. The molecule has 0 aliphatic rings. The Morgan fingerprint density at radius 1 is 0.787 bits per heavy atom. The van der Waals surface area contributed by atoms with Crippen molar-refractivity contribution < 1.29 is 49.1 Å². The minimum absolute atomic E-state index is 0.119. The van der Waals surface area contributed by atoms with Crippen molar-refractivity contribution in [2.75, 3.05) is 6.61 Å². The van der Waals surface area contributed by atoms with E-state index in [2.05, 4.69) is 26.1 Å². The highest BCUT2D eigenvalue weighted by Crippen LogP contribution is 2.29. The van der Waals surface area contributed by atoms with Crippen molar-refractivity contribution in [2.24, 2.45) is 11.8 Å². The first kappa shape index (κ1) is 41.6. The number of nitrogens with one attached hydrogen (secondary N) is 1. The lowest BCUT2D eigenvalue weighted by Crippen LogP contribution is -2.56. The van der Waals surface area contributed by atoms with Crippen LogP contribution < -0.4 is 10.1 Å². The molecule has 1 aromatic carbocycles. The molecule has 1 rings (SSSR count). The number of aliphatic hydroxyl groups is 1. The van der Waals surface area contributed by atoms with Gasteiger partial charge in [-0.2, -0.15) is 0 Å². The maximum atomic E-state index is 13.4. The van der Waals surface area contributed by atoms with Crippen molar-refractivity contribution in [3.63, 3.8) is 0 Å². The lowest BCUT2D eigenvalue weighted by atomic mass is 9.80. The van der Waals surface area contributed by atoms with Crippen molar-refractivity contribution in [1.29, 1.82) is 0 Å². The predicted octanol–water partition coefficient (Wildman–Crippen LogP) is 6.18. The largest absolute Gasteiger partial charge is 0.494 e. The number of amides is 1. The van der Waals surface area contributed by atoms with E-state index in [1.807, 2.05) is 0 Å². The van der Waals surface area contributed by atoms with Gasteiger partial charge in [0.05, 0.1) is 18.9 Å². The predicted molar refractivity (Wildman–Crippen MR) is 178 cm³/mol. The van der Waals surface area contributed by atoms with Gasteiger partial charge in [-0.15, -0.1) is 0 Å². The molecular formula is C36H57NO10. The van der Waals surface area contributed by atoms with E-state index < -0.39 is 47.8 Å². The van der Waals surface area contributed by atoms with Gasteiger partial charge in [-0.25, -0.2) is 9.59 Å². The summed E-state index contributed by atoms with van der Waals surface area (Å²) in [5, 5.41) is 42.3. The lowest BCUT2D eigenvalue weighted by molar-refractivity contribution is -0.175. The summed E-state index contributed by atoms with van der Waals surface area (Å²) in [6, 6.07) is 5.30. The third-order valence-corrected chi connectivity index (χ3v) is 8.38.